The van der Waals surface area contributed by atoms with Gasteiger partial charge in [0.15, 0.2) is 0 Å². The highest BCUT2D eigenvalue weighted by Gasteiger charge is 2.13. The number of rotatable bonds is 5. The predicted octanol–water partition coefficient (Wildman–Crippen LogP) is 1.24. The summed E-state index contributed by atoms with van der Waals surface area (Å²) in [6.07, 6.45) is 0.842. The molecule has 0 spiro atoms. The van der Waals surface area contributed by atoms with Crippen molar-refractivity contribution in [2.24, 2.45) is 0 Å². The minimum atomic E-state index is -0.563. The summed E-state index contributed by atoms with van der Waals surface area (Å²) in [6, 6.07) is 5.41. The van der Waals surface area contributed by atoms with Crippen LogP contribution in [0, 0.1) is 10.1 Å². The van der Waals surface area contributed by atoms with Crippen molar-refractivity contribution in [3.05, 3.63) is 39.9 Å². The van der Waals surface area contributed by atoms with Crippen LogP contribution in [0.15, 0.2) is 24.3 Å². The molecule has 0 aliphatic heterocycles. The van der Waals surface area contributed by atoms with Gasteiger partial charge in [-0.25, -0.2) is 0 Å². The molecule has 2 aromatic rings. The number of carbonyl (C=O) groups excluding carboxylic acids is 1. The number of benzene rings is 1. The zero-order valence-electron chi connectivity index (χ0n) is 10.7. The summed E-state index contributed by atoms with van der Waals surface area (Å²) >= 11 is 0. The van der Waals surface area contributed by atoms with Crippen LogP contribution in [-0.2, 0) is 6.54 Å². The highest BCUT2D eigenvalue weighted by Crippen LogP contribution is 2.13. The van der Waals surface area contributed by atoms with Crippen LogP contribution >= 0.6 is 0 Å². The van der Waals surface area contributed by atoms with E-state index in [9.17, 15) is 14.9 Å². The van der Waals surface area contributed by atoms with Gasteiger partial charge in [-0.05, 0) is 17.7 Å². The van der Waals surface area contributed by atoms with Gasteiger partial charge in [-0.15, -0.1) is 5.10 Å². The Morgan fingerprint density at radius 2 is 2.30 bits per heavy atom. The molecule has 1 aromatic carbocycles. The second-order valence-electron chi connectivity index (χ2n) is 3.97. The SMILES string of the molecule is CCCn1nnc(NC(=O)c2cccc([N+](=O)[O-])c2)n1. The van der Waals surface area contributed by atoms with E-state index in [1.165, 1.54) is 29.1 Å². The van der Waals surface area contributed by atoms with Crippen LogP contribution in [-0.4, -0.2) is 31.0 Å². The predicted molar refractivity (Wildman–Crippen MR) is 69.2 cm³/mol. The molecule has 1 amide bonds. The number of anilines is 1. The Bertz CT molecular complexity index is 639. The first-order valence-electron chi connectivity index (χ1n) is 5.93. The maximum absolute atomic E-state index is 11.9. The minimum absolute atomic E-state index is 0.0648. The van der Waals surface area contributed by atoms with Crippen molar-refractivity contribution < 1.29 is 9.72 Å². The third-order valence-corrected chi connectivity index (χ3v) is 2.42. The standard InChI is InChI=1S/C11H12N6O3/c1-2-6-16-14-11(13-15-16)12-10(18)8-4-3-5-9(7-8)17(19)20/h3-5,7H,2,6H2,1H3,(H,12,14,18). The summed E-state index contributed by atoms with van der Waals surface area (Å²) in [5.74, 6) is -0.459. The maximum Gasteiger partial charge on any atom is 0.270 e. The Morgan fingerprint density at radius 1 is 1.50 bits per heavy atom. The quantitative estimate of drug-likeness (QED) is 0.648. The van der Waals surface area contributed by atoms with E-state index >= 15 is 0 Å². The van der Waals surface area contributed by atoms with Gasteiger partial charge in [0.25, 0.3) is 17.5 Å². The number of hydrogen-bond acceptors (Lipinski definition) is 6. The first kappa shape index (κ1) is 13.6. The molecule has 0 fully saturated rings. The summed E-state index contributed by atoms with van der Waals surface area (Å²) < 4.78 is 0. The molecule has 0 atom stereocenters. The van der Waals surface area contributed by atoms with Crippen LogP contribution in [0.1, 0.15) is 23.7 Å². The van der Waals surface area contributed by atoms with Gasteiger partial charge in [0.1, 0.15) is 0 Å². The van der Waals surface area contributed by atoms with Crippen molar-refractivity contribution in [3.8, 4) is 0 Å². The first-order chi connectivity index (χ1) is 9.60. The van der Waals surface area contributed by atoms with Gasteiger partial charge in [-0.2, -0.15) is 4.80 Å². The Kier molecular flexibility index (Phi) is 3.99. The zero-order chi connectivity index (χ0) is 14.5. The smallest absolute Gasteiger partial charge is 0.270 e. The Hall–Kier alpha value is -2.84. The molecule has 0 unspecified atom stereocenters. The molecule has 1 heterocycles. The Balaban J connectivity index is 2.11. The number of aryl methyl sites for hydroxylation is 1. The molecule has 9 nitrogen and oxygen atoms in total. The number of nitrogens with one attached hydrogen (secondary N) is 1. The lowest BCUT2D eigenvalue weighted by Gasteiger charge is -2.00. The Morgan fingerprint density at radius 3 is 3.00 bits per heavy atom. The van der Waals surface area contributed by atoms with Crippen molar-refractivity contribution in [1.82, 2.24) is 20.2 Å². The van der Waals surface area contributed by atoms with Crippen molar-refractivity contribution in [1.29, 1.82) is 0 Å². The van der Waals surface area contributed by atoms with Crippen molar-refractivity contribution in [2.75, 3.05) is 5.32 Å². The lowest BCUT2D eigenvalue weighted by atomic mass is 10.2. The molecule has 2 rings (SSSR count). The molecular weight excluding hydrogens is 264 g/mol. The number of nitro groups is 1. The topological polar surface area (TPSA) is 116 Å². The fraction of sp³-hybridized carbons (Fsp3) is 0.273. The number of amides is 1. The number of non-ortho nitro benzene ring substituents is 1. The van der Waals surface area contributed by atoms with Gasteiger partial charge < -0.3 is 0 Å². The number of nitrogens with zero attached hydrogens (tertiary/aromatic N) is 5. The second kappa shape index (κ2) is 5.87. The van der Waals surface area contributed by atoms with Crippen molar-refractivity contribution in [3.63, 3.8) is 0 Å². The minimum Gasteiger partial charge on any atom is -0.288 e. The lowest BCUT2D eigenvalue weighted by molar-refractivity contribution is -0.384. The van der Waals surface area contributed by atoms with Crippen LogP contribution < -0.4 is 5.32 Å². The molecule has 0 bridgehead atoms. The summed E-state index contributed by atoms with van der Waals surface area (Å²) in [4.78, 5) is 23.4. The average Bonchev–Trinajstić information content (AvgIpc) is 2.86. The van der Waals surface area contributed by atoms with E-state index in [1.54, 1.807) is 0 Å². The van der Waals surface area contributed by atoms with Gasteiger partial charge in [0.05, 0.1) is 11.5 Å². The van der Waals surface area contributed by atoms with Crippen LogP contribution in [0.4, 0.5) is 11.6 Å². The monoisotopic (exact) mass is 276 g/mol. The molecule has 104 valence electrons. The number of aromatic nitrogens is 4. The fourth-order valence-electron chi connectivity index (χ4n) is 1.52. The van der Waals surface area contributed by atoms with E-state index in [-0.39, 0.29) is 17.2 Å². The van der Waals surface area contributed by atoms with E-state index in [2.05, 4.69) is 20.7 Å². The van der Waals surface area contributed by atoms with Gasteiger partial charge in [0.2, 0.25) is 0 Å². The molecule has 0 radical (unpaired) electrons. The van der Waals surface area contributed by atoms with E-state index in [1.807, 2.05) is 6.92 Å². The van der Waals surface area contributed by atoms with Gasteiger partial charge in [0, 0.05) is 17.7 Å². The summed E-state index contributed by atoms with van der Waals surface area (Å²) in [5, 5.41) is 24.5. The molecule has 1 N–H and O–H groups in total. The summed E-state index contributed by atoms with van der Waals surface area (Å²) in [6.45, 7) is 2.56. The number of hydrogen-bond donors (Lipinski definition) is 1. The highest BCUT2D eigenvalue weighted by atomic mass is 16.6. The van der Waals surface area contributed by atoms with Gasteiger partial charge >= 0.3 is 0 Å². The Labute approximate surface area is 113 Å². The number of nitro benzene ring substituents is 1. The summed E-state index contributed by atoms with van der Waals surface area (Å²) in [5.41, 5.74) is 0.00582. The van der Waals surface area contributed by atoms with Crippen molar-refractivity contribution >= 4 is 17.5 Å². The molecule has 20 heavy (non-hydrogen) atoms. The van der Waals surface area contributed by atoms with Crippen molar-refractivity contribution in [2.45, 2.75) is 19.9 Å². The number of carbonyl (C=O) groups is 1. The van der Waals surface area contributed by atoms with Crippen LogP contribution in [0.5, 0.6) is 0 Å². The van der Waals surface area contributed by atoms with E-state index in [0.717, 1.165) is 6.42 Å². The number of tetrazole rings is 1. The zero-order valence-corrected chi connectivity index (χ0v) is 10.7. The van der Waals surface area contributed by atoms with E-state index in [0.29, 0.717) is 6.54 Å². The molecule has 0 saturated carbocycles. The molecule has 9 heteroatoms. The van der Waals surface area contributed by atoms with Crippen LogP contribution in [0.2, 0.25) is 0 Å². The molecule has 1 aromatic heterocycles. The van der Waals surface area contributed by atoms with Crippen LogP contribution in [0.3, 0.4) is 0 Å². The molecular formula is C11H12N6O3. The molecule has 0 aliphatic carbocycles. The summed E-state index contributed by atoms with van der Waals surface area (Å²) in [7, 11) is 0. The van der Waals surface area contributed by atoms with Gasteiger partial charge in [-0.1, -0.05) is 18.1 Å². The van der Waals surface area contributed by atoms with E-state index in [4.69, 9.17) is 0 Å². The third kappa shape index (κ3) is 3.13. The van der Waals surface area contributed by atoms with E-state index < -0.39 is 10.8 Å². The normalized spacial score (nSPS) is 10.2. The largest absolute Gasteiger partial charge is 0.288 e. The second-order valence-corrected chi connectivity index (χ2v) is 3.97. The molecule has 0 aliphatic rings. The third-order valence-electron chi connectivity index (χ3n) is 2.42. The molecule has 0 saturated heterocycles. The van der Waals surface area contributed by atoms with Crippen LogP contribution in [0.25, 0.3) is 0 Å². The maximum atomic E-state index is 11.9. The average molecular weight is 276 g/mol. The first-order valence-corrected chi connectivity index (χ1v) is 5.93. The highest BCUT2D eigenvalue weighted by molar-refractivity contribution is 6.03. The van der Waals surface area contributed by atoms with Gasteiger partial charge in [-0.3, -0.25) is 20.2 Å². The fourth-order valence-corrected chi connectivity index (χ4v) is 1.52. The lowest BCUT2D eigenvalue weighted by Crippen LogP contribution is -2.13.